The Hall–Kier alpha value is -0.770. The van der Waals surface area contributed by atoms with Crippen LogP contribution in [0.5, 0.6) is 0 Å². The van der Waals surface area contributed by atoms with E-state index in [4.69, 9.17) is 4.74 Å². The number of rotatable bonds is 3. The van der Waals surface area contributed by atoms with Crippen LogP contribution in [-0.2, 0) is 10.1 Å². The van der Waals surface area contributed by atoms with Gasteiger partial charge in [-0.3, -0.25) is 0 Å². The maximum atomic E-state index is 11.1. The maximum absolute atomic E-state index is 11.1. The van der Waals surface area contributed by atoms with Gasteiger partial charge in [0.2, 0.25) is 0 Å². The second-order valence-corrected chi connectivity index (χ2v) is 2.84. The summed E-state index contributed by atoms with van der Waals surface area (Å²) >= 11 is 3.29. The Balaban J connectivity index is 2.68. The zero-order valence-electron chi connectivity index (χ0n) is 6.76. The minimum atomic E-state index is -0.301. The Morgan fingerprint density at radius 1 is 1.75 bits per heavy atom. The van der Waals surface area contributed by atoms with Gasteiger partial charge in [-0.15, -0.1) is 0 Å². The van der Waals surface area contributed by atoms with Crippen molar-refractivity contribution in [3.63, 3.8) is 0 Å². The molecule has 0 aliphatic carbocycles. The molecule has 0 atom stereocenters. The number of hydrogen-bond acceptors (Lipinski definition) is 2. The van der Waals surface area contributed by atoms with Crippen molar-refractivity contribution in [2.75, 3.05) is 6.61 Å². The Labute approximate surface area is 79.2 Å². The molecule has 0 unspecified atom stereocenters. The lowest BCUT2D eigenvalue weighted by Crippen LogP contribution is -2.04. The van der Waals surface area contributed by atoms with E-state index in [1.54, 1.807) is 19.2 Å². The van der Waals surface area contributed by atoms with Gasteiger partial charge in [-0.05, 0) is 18.6 Å². The van der Waals surface area contributed by atoms with Gasteiger partial charge in [-0.2, -0.15) is 0 Å². The lowest BCUT2D eigenvalue weighted by atomic mass is 10.3. The summed E-state index contributed by atoms with van der Waals surface area (Å²) in [5.74, 6) is -0.301. The lowest BCUT2D eigenvalue weighted by Gasteiger charge is -1.96. The molecule has 0 spiro atoms. The zero-order chi connectivity index (χ0) is 8.97. The van der Waals surface area contributed by atoms with E-state index < -0.39 is 0 Å². The van der Waals surface area contributed by atoms with Crippen molar-refractivity contribution in [1.82, 2.24) is 4.98 Å². The Kier molecular flexibility index (Phi) is 3.34. The molecule has 0 aliphatic rings. The number of ether oxygens (including phenoxy) is 1. The highest BCUT2D eigenvalue weighted by molar-refractivity contribution is 9.08. The van der Waals surface area contributed by atoms with Crippen molar-refractivity contribution >= 4 is 21.9 Å². The number of hydrogen-bond donors (Lipinski definition) is 1. The van der Waals surface area contributed by atoms with Crippen LogP contribution < -0.4 is 0 Å². The van der Waals surface area contributed by atoms with Crippen LogP contribution in [0, 0.1) is 0 Å². The summed E-state index contributed by atoms with van der Waals surface area (Å²) in [7, 11) is 0. The molecule has 4 heteroatoms. The highest BCUT2D eigenvalue weighted by Crippen LogP contribution is 2.08. The van der Waals surface area contributed by atoms with E-state index in [0.29, 0.717) is 12.3 Å². The molecule has 1 aromatic heterocycles. The van der Waals surface area contributed by atoms with E-state index >= 15 is 0 Å². The molecular weight excluding hydrogens is 222 g/mol. The van der Waals surface area contributed by atoms with E-state index in [9.17, 15) is 4.79 Å². The summed E-state index contributed by atoms with van der Waals surface area (Å²) in [5.41, 5.74) is 1.55. The largest absolute Gasteiger partial charge is 0.461 e. The van der Waals surface area contributed by atoms with Crippen molar-refractivity contribution in [2.45, 2.75) is 12.3 Å². The molecule has 0 aliphatic heterocycles. The van der Waals surface area contributed by atoms with Gasteiger partial charge in [0.25, 0.3) is 0 Å². The van der Waals surface area contributed by atoms with Gasteiger partial charge >= 0.3 is 5.97 Å². The van der Waals surface area contributed by atoms with Crippen LogP contribution in [0.4, 0.5) is 0 Å². The molecule has 1 heterocycles. The average molecular weight is 232 g/mol. The number of nitrogens with one attached hydrogen (secondary N) is 1. The van der Waals surface area contributed by atoms with E-state index in [0.717, 1.165) is 10.9 Å². The quantitative estimate of drug-likeness (QED) is 0.640. The van der Waals surface area contributed by atoms with Gasteiger partial charge in [0.15, 0.2) is 0 Å². The number of aromatic amines is 1. The third kappa shape index (κ3) is 2.11. The number of carbonyl (C=O) groups is 1. The standard InChI is InChI=1S/C8H10BrNO2/c1-2-12-8(11)7-3-6(4-9)5-10-7/h3,5,10H,2,4H2,1H3. The number of carbonyl (C=O) groups excluding carboxylic acids is 1. The van der Waals surface area contributed by atoms with Crippen molar-refractivity contribution in [2.24, 2.45) is 0 Å². The summed E-state index contributed by atoms with van der Waals surface area (Å²) in [4.78, 5) is 13.9. The van der Waals surface area contributed by atoms with Gasteiger partial charge in [0, 0.05) is 11.5 Å². The highest BCUT2D eigenvalue weighted by atomic mass is 79.9. The molecule has 66 valence electrons. The van der Waals surface area contributed by atoms with Crippen molar-refractivity contribution in [3.8, 4) is 0 Å². The normalized spacial score (nSPS) is 9.83. The summed E-state index contributed by atoms with van der Waals surface area (Å²) in [5, 5.41) is 0.739. The van der Waals surface area contributed by atoms with Crippen LogP contribution in [0.15, 0.2) is 12.3 Å². The van der Waals surface area contributed by atoms with E-state index in [2.05, 4.69) is 20.9 Å². The summed E-state index contributed by atoms with van der Waals surface area (Å²) in [6.45, 7) is 2.19. The molecule has 0 saturated heterocycles. The molecule has 0 fully saturated rings. The van der Waals surface area contributed by atoms with Crippen LogP contribution in [-0.4, -0.2) is 17.6 Å². The van der Waals surface area contributed by atoms with Crippen LogP contribution >= 0.6 is 15.9 Å². The summed E-state index contributed by atoms with van der Waals surface area (Å²) in [6.07, 6.45) is 1.78. The van der Waals surface area contributed by atoms with Crippen molar-refractivity contribution in [1.29, 1.82) is 0 Å². The first-order chi connectivity index (χ1) is 5.77. The fraction of sp³-hybridized carbons (Fsp3) is 0.375. The first-order valence-corrected chi connectivity index (χ1v) is 4.80. The molecule has 0 saturated carbocycles. The fourth-order valence-electron chi connectivity index (χ4n) is 0.843. The number of aromatic nitrogens is 1. The van der Waals surface area contributed by atoms with Gasteiger partial charge < -0.3 is 9.72 Å². The number of H-pyrrole nitrogens is 1. The van der Waals surface area contributed by atoms with Gasteiger partial charge in [-0.1, -0.05) is 15.9 Å². The highest BCUT2D eigenvalue weighted by Gasteiger charge is 2.07. The predicted molar refractivity (Wildman–Crippen MR) is 49.4 cm³/mol. The van der Waals surface area contributed by atoms with E-state index in [1.807, 2.05) is 0 Å². The van der Waals surface area contributed by atoms with Crippen molar-refractivity contribution < 1.29 is 9.53 Å². The predicted octanol–water partition coefficient (Wildman–Crippen LogP) is 2.09. The van der Waals surface area contributed by atoms with Crippen molar-refractivity contribution in [3.05, 3.63) is 23.5 Å². The average Bonchev–Trinajstić information content (AvgIpc) is 2.52. The lowest BCUT2D eigenvalue weighted by molar-refractivity contribution is 0.0520. The van der Waals surface area contributed by atoms with Gasteiger partial charge in [0.1, 0.15) is 5.69 Å². The molecule has 1 rings (SSSR count). The third-order valence-corrected chi connectivity index (χ3v) is 2.04. The van der Waals surface area contributed by atoms with Crippen LogP contribution in [0.25, 0.3) is 0 Å². The first kappa shape index (κ1) is 9.32. The summed E-state index contributed by atoms with van der Waals surface area (Å²) < 4.78 is 4.80. The monoisotopic (exact) mass is 231 g/mol. The Morgan fingerprint density at radius 3 is 3.00 bits per heavy atom. The van der Waals surface area contributed by atoms with E-state index in [-0.39, 0.29) is 5.97 Å². The molecule has 3 nitrogen and oxygen atoms in total. The van der Waals surface area contributed by atoms with Gasteiger partial charge in [-0.25, -0.2) is 4.79 Å². The van der Waals surface area contributed by atoms with Crippen LogP contribution in [0.2, 0.25) is 0 Å². The number of halogens is 1. The van der Waals surface area contributed by atoms with Crippen LogP contribution in [0.1, 0.15) is 23.0 Å². The Bertz CT molecular complexity index is 270. The third-order valence-electron chi connectivity index (χ3n) is 1.39. The minimum absolute atomic E-state index is 0.301. The van der Waals surface area contributed by atoms with Gasteiger partial charge in [0.05, 0.1) is 6.61 Å². The minimum Gasteiger partial charge on any atom is -0.461 e. The first-order valence-electron chi connectivity index (χ1n) is 3.68. The molecule has 1 aromatic rings. The molecular formula is C8H10BrNO2. The number of alkyl halides is 1. The van der Waals surface area contributed by atoms with E-state index in [1.165, 1.54) is 0 Å². The number of esters is 1. The van der Waals surface area contributed by atoms with Crippen LogP contribution in [0.3, 0.4) is 0 Å². The second-order valence-electron chi connectivity index (χ2n) is 2.28. The molecule has 0 bridgehead atoms. The molecule has 0 amide bonds. The topological polar surface area (TPSA) is 42.1 Å². The SMILES string of the molecule is CCOC(=O)c1cc(CBr)c[nH]1. The maximum Gasteiger partial charge on any atom is 0.354 e. The fourth-order valence-corrected chi connectivity index (χ4v) is 1.17. The summed E-state index contributed by atoms with van der Waals surface area (Å²) in [6, 6.07) is 1.77. The Morgan fingerprint density at radius 2 is 2.50 bits per heavy atom. The smallest absolute Gasteiger partial charge is 0.354 e. The molecule has 12 heavy (non-hydrogen) atoms. The second kappa shape index (κ2) is 4.30. The molecule has 0 radical (unpaired) electrons. The zero-order valence-corrected chi connectivity index (χ0v) is 8.35. The molecule has 0 aromatic carbocycles. The molecule has 1 N–H and O–H groups in total.